The molecule has 0 saturated carbocycles. The van der Waals surface area contributed by atoms with Crippen LogP contribution in [0.1, 0.15) is 47.2 Å². The van der Waals surface area contributed by atoms with Crippen molar-refractivity contribution in [2.75, 3.05) is 4.90 Å². The van der Waals surface area contributed by atoms with Crippen molar-refractivity contribution < 1.29 is 4.42 Å². The Labute approximate surface area is 420 Å². The fourth-order valence-electron chi connectivity index (χ4n) is 12.4. The van der Waals surface area contributed by atoms with Gasteiger partial charge >= 0.3 is 0 Å². The second-order valence-electron chi connectivity index (χ2n) is 20.0. The average molecular weight is 920 g/mol. The molecule has 12 aromatic rings. The monoisotopic (exact) mass is 919 g/mol. The first-order valence-corrected chi connectivity index (χ1v) is 25.1. The zero-order valence-corrected chi connectivity index (χ0v) is 40.2. The molecule has 1 atom stereocenters. The Morgan fingerprint density at radius 3 is 1.65 bits per heavy atom. The minimum atomic E-state index is -0.575. The average Bonchev–Trinajstić information content (AvgIpc) is 4.05. The predicted molar refractivity (Wildman–Crippen MR) is 300 cm³/mol. The Kier molecular flexibility index (Phi) is 9.50. The van der Waals surface area contributed by atoms with Crippen molar-refractivity contribution in [3.63, 3.8) is 0 Å². The van der Waals surface area contributed by atoms with E-state index >= 15 is 0 Å². The quantitative estimate of drug-likeness (QED) is 0.151. The molecule has 1 unspecified atom stereocenters. The third kappa shape index (κ3) is 6.35. The topological polar surface area (TPSA) is 16.4 Å². The van der Waals surface area contributed by atoms with Crippen molar-refractivity contribution >= 4 is 39.0 Å². The van der Waals surface area contributed by atoms with Crippen molar-refractivity contribution in [3.8, 4) is 55.6 Å². The summed E-state index contributed by atoms with van der Waals surface area (Å²) in [7, 11) is 0. The highest BCUT2D eigenvalue weighted by atomic mass is 16.3. The van der Waals surface area contributed by atoms with Crippen LogP contribution in [0.4, 0.5) is 17.1 Å². The summed E-state index contributed by atoms with van der Waals surface area (Å²) >= 11 is 0. The Bertz CT molecular complexity index is 4050. The van der Waals surface area contributed by atoms with Gasteiger partial charge in [0, 0.05) is 22.2 Å². The SMILES string of the molecule is CC1(C)c2ccccc2-c2ccc(N(c3ccc(-c4ccc5c(c4)-c4ccc(-c6ccccc6)cc4C5(c4ccccc4)c4cccc(-c5ccccc5)c4)cc3)c3cccc4oc5ccccc5c34)cc21. The van der Waals surface area contributed by atoms with Crippen LogP contribution in [0.2, 0.25) is 0 Å². The second kappa shape index (κ2) is 16.3. The summed E-state index contributed by atoms with van der Waals surface area (Å²) in [4.78, 5) is 2.43. The van der Waals surface area contributed by atoms with E-state index in [1.165, 1.54) is 83.5 Å². The molecule has 1 heterocycles. The number of hydrogen-bond acceptors (Lipinski definition) is 2. The van der Waals surface area contributed by atoms with Gasteiger partial charge in [-0.15, -0.1) is 0 Å². The van der Waals surface area contributed by atoms with Crippen LogP contribution in [-0.2, 0) is 10.8 Å². The zero-order valence-electron chi connectivity index (χ0n) is 40.2. The first-order valence-electron chi connectivity index (χ1n) is 25.1. The molecule has 2 aliphatic carbocycles. The van der Waals surface area contributed by atoms with Crippen molar-refractivity contribution in [2.24, 2.45) is 0 Å². The zero-order chi connectivity index (χ0) is 48.0. The van der Waals surface area contributed by atoms with Gasteiger partial charge in [-0.25, -0.2) is 0 Å². The summed E-state index contributed by atoms with van der Waals surface area (Å²) in [5, 5.41) is 2.20. The highest BCUT2D eigenvalue weighted by molar-refractivity contribution is 6.13. The molecule has 2 nitrogen and oxygen atoms in total. The van der Waals surface area contributed by atoms with E-state index in [9.17, 15) is 0 Å². The lowest BCUT2D eigenvalue weighted by Crippen LogP contribution is -2.28. The van der Waals surface area contributed by atoms with E-state index < -0.39 is 5.41 Å². The molecular weight excluding hydrogens is 871 g/mol. The fourth-order valence-corrected chi connectivity index (χ4v) is 12.4. The first-order chi connectivity index (χ1) is 35.4. The van der Waals surface area contributed by atoms with Gasteiger partial charge < -0.3 is 9.32 Å². The number of hydrogen-bond donors (Lipinski definition) is 0. The normalized spacial score (nSPS) is 15.0. The molecule has 340 valence electrons. The van der Waals surface area contributed by atoms with E-state index in [1.54, 1.807) is 0 Å². The van der Waals surface area contributed by atoms with Crippen LogP contribution in [-0.4, -0.2) is 0 Å². The van der Waals surface area contributed by atoms with Crippen molar-refractivity contribution in [1.29, 1.82) is 0 Å². The van der Waals surface area contributed by atoms with Gasteiger partial charge in [-0.3, -0.25) is 0 Å². The number of fused-ring (bicyclic) bond motifs is 9. The van der Waals surface area contributed by atoms with Crippen LogP contribution in [0.25, 0.3) is 77.6 Å². The molecule has 0 radical (unpaired) electrons. The summed E-state index contributed by atoms with van der Waals surface area (Å²) in [6.07, 6.45) is 0. The van der Waals surface area contributed by atoms with Gasteiger partial charge in [0.05, 0.1) is 16.5 Å². The first kappa shape index (κ1) is 41.9. The minimum Gasteiger partial charge on any atom is -0.456 e. The van der Waals surface area contributed by atoms with E-state index in [0.717, 1.165) is 44.6 Å². The molecule has 14 rings (SSSR count). The fraction of sp³-hybridized carbons (Fsp3) is 0.0571. The molecule has 0 N–H and O–H groups in total. The Balaban J connectivity index is 0.936. The molecule has 0 fully saturated rings. The van der Waals surface area contributed by atoms with E-state index in [0.29, 0.717) is 0 Å². The maximum Gasteiger partial charge on any atom is 0.137 e. The van der Waals surface area contributed by atoms with Crippen LogP contribution >= 0.6 is 0 Å². The molecule has 2 heteroatoms. The van der Waals surface area contributed by atoms with Crippen molar-refractivity contribution in [1.82, 2.24) is 0 Å². The number of rotatable bonds is 8. The van der Waals surface area contributed by atoms with Crippen LogP contribution in [0.15, 0.2) is 265 Å². The minimum absolute atomic E-state index is 0.149. The molecule has 11 aromatic carbocycles. The molecule has 0 aliphatic heterocycles. The van der Waals surface area contributed by atoms with E-state index in [4.69, 9.17) is 4.42 Å². The molecule has 0 amide bonds. The number of para-hydroxylation sites is 1. The lowest BCUT2D eigenvalue weighted by atomic mass is 9.67. The van der Waals surface area contributed by atoms with Crippen LogP contribution in [0.3, 0.4) is 0 Å². The third-order valence-electron chi connectivity index (χ3n) is 15.8. The largest absolute Gasteiger partial charge is 0.456 e. The summed E-state index contributed by atoms with van der Waals surface area (Å²) in [6, 6.07) is 96.1. The molecule has 0 spiro atoms. The summed E-state index contributed by atoms with van der Waals surface area (Å²) in [5.74, 6) is 0. The highest BCUT2D eigenvalue weighted by Gasteiger charge is 2.46. The Hall–Kier alpha value is -8.98. The van der Waals surface area contributed by atoms with Crippen molar-refractivity contribution in [3.05, 3.63) is 294 Å². The lowest BCUT2D eigenvalue weighted by Gasteiger charge is -2.34. The van der Waals surface area contributed by atoms with Gasteiger partial charge in [-0.2, -0.15) is 0 Å². The van der Waals surface area contributed by atoms with Crippen LogP contribution in [0, 0.1) is 0 Å². The smallest absolute Gasteiger partial charge is 0.137 e. The molecule has 0 bridgehead atoms. The molecule has 0 saturated heterocycles. The second-order valence-corrected chi connectivity index (χ2v) is 20.0. The summed E-state index contributed by atoms with van der Waals surface area (Å²) in [5.41, 5.74) is 24.3. The lowest BCUT2D eigenvalue weighted by molar-refractivity contribution is 0.660. The van der Waals surface area contributed by atoms with Crippen LogP contribution in [0.5, 0.6) is 0 Å². The standard InChI is InChI=1S/C70H49NO/c1-69(2)61-28-14-12-26-56(61)57-40-38-55(45-63(57)69)71(65-29-17-31-67-68(65)59-27-13-15-30-66(59)72-67)54-36-32-48(33-37-54)50-35-41-62-60(43-50)58-39-34-51(47-20-8-4-9-21-47)44-64(58)70(62,52-23-10-5-11-24-52)53-25-16-22-49(42-53)46-18-6-3-7-19-46/h3-45H,1-2H3. The molecular formula is C70H49NO. The van der Waals surface area contributed by atoms with Gasteiger partial charge in [0.25, 0.3) is 0 Å². The van der Waals surface area contributed by atoms with Gasteiger partial charge in [-0.05, 0) is 150 Å². The number of anilines is 3. The maximum atomic E-state index is 6.50. The number of furan rings is 1. The van der Waals surface area contributed by atoms with Gasteiger partial charge in [0.1, 0.15) is 11.2 Å². The van der Waals surface area contributed by atoms with Gasteiger partial charge in [0.15, 0.2) is 0 Å². The highest BCUT2D eigenvalue weighted by Crippen LogP contribution is 2.58. The third-order valence-corrected chi connectivity index (χ3v) is 15.8. The number of nitrogens with zero attached hydrogens (tertiary/aromatic N) is 1. The molecule has 2 aliphatic rings. The van der Waals surface area contributed by atoms with Crippen molar-refractivity contribution in [2.45, 2.75) is 24.7 Å². The van der Waals surface area contributed by atoms with Crippen LogP contribution < -0.4 is 4.90 Å². The molecule has 72 heavy (non-hydrogen) atoms. The predicted octanol–water partition coefficient (Wildman–Crippen LogP) is 18.7. The molecule has 1 aromatic heterocycles. The van der Waals surface area contributed by atoms with Gasteiger partial charge in [-0.1, -0.05) is 214 Å². The van der Waals surface area contributed by atoms with E-state index in [-0.39, 0.29) is 5.41 Å². The van der Waals surface area contributed by atoms with Gasteiger partial charge in [0.2, 0.25) is 0 Å². The Morgan fingerprint density at radius 2 is 0.861 bits per heavy atom. The Morgan fingerprint density at radius 1 is 0.319 bits per heavy atom. The summed E-state index contributed by atoms with van der Waals surface area (Å²) < 4.78 is 6.50. The summed E-state index contributed by atoms with van der Waals surface area (Å²) in [6.45, 7) is 4.71. The maximum absolute atomic E-state index is 6.50. The van der Waals surface area contributed by atoms with E-state index in [2.05, 4.69) is 274 Å². The number of benzene rings is 11. The van der Waals surface area contributed by atoms with E-state index in [1.807, 2.05) is 6.07 Å².